The van der Waals surface area contributed by atoms with Crippen molar-refractivity contribution in [3.05, 3.63) is 0 Å². The molecule has 3 heteroatoms. The molecule has 3 nitrogen and oxygen atoms in total. The Morgan fingerprint density at radius 1 is 1.60 bits per heavy atom. The van der Waals surface area contributed by atoms with Gasteiger partial charge in [0, 0.05) is 6.04 Å². The molecule has 0 aliphatic carbocycles. The molecule has 0 spiro atoms. The van der Waals surface area contributed by atoms with Gasteiger partial charge in [-0.1, -0.05) is 20.8 Å². The molecule has 0 rings (SSSR count). The quantitative estimate of drug-likeness (QED) is 0.616. The second-order valence-electron chi connectivity index (χ2n) is 2.62. The van der Waals surface area contributed by atoms with E-state index in [1.54, 1.807) is 0 Å². The van der Waals surface area contributed by atoms with Crippen LogP contribution in [0.4, 0.5) is 0 Å². The molecule has 0 aromatic heterocycles. The molecule has 0 aromatic rings. The molecular weight excluding hydrogens is 130 g/mol. The molecule has 0 aliphatic rings. The fourth-order valence-corrected chi connectivity index (χ4v) is 0.766. The number of rotatable bonds is 4. The van der Waals surface area contributed by atoms with Gasteiger partial charge in [-0.05, 0) is 6.42 Å². The van der Waals surface area contributed by atoms with Crippen molar-refractivity contribution in [2.24, 2.45) is 0 Å². The first-order valence-electron chi connectivity index (χ1n) is 3.56. The first kappa shape index (κ1) is 9.43. The largest absolute Gasteiger partial charge is 0.480 e. The standard InChI is InChI=1S/C7H15NO2/c1-4-6(7(9)10)8-5(2)3/h5-6,8H,4H2,1-3H3,(H,9,10)/t6-/m1/s1. The highest BCUT2D eigenvalue weighted by Gasteiger charge is 2.14. The monoisotopic (exact) mass is 145 g/mol. The van der Waals surface area contributed by atoms with Crippen LogP contribution in [0.5, 0.6) is 0 Å². The van der Waals surface area contributed by atoms with Crippen LogP contribution in [0.3, 0.4) is 0 Å². The predicted octanol–water partition coefficient (Wildman–Crippen LogP) is 0.848. The highest BCUT2D eigenvalue weighted by atomic mass is 16.4. The van der Waals surface area contributed by atoms with Gasteiger partial charge in [-0.25, -0.2) is 0 Å². The van der Waals surface area contributed by atoms with Crippen LogP contribution < -0.4 is 5.32 Å². The average Bonchev–Trinajstić information content (AvgIpc) is 1.81. The Bertz CT molecular complexity index is 112. The van der Waals surface area contributed by atoms with Crippen molar-refractivity contribution >= 4 is 5.97 Å². The lowest BCUT2D eigenvalue weighted by Crippen LogP contribution is -2.40. The van der Waals surface area contributed by atoms with Gasteiger partial charge in [0.15, 0.2) is 0 Å². The fraction of sp³-hybridized carbons (Fsp3) is 0.857. The summed E-state index contributed by atoms with van der Waals surface area (Å²) in [5.41, 5.74) is 0. The predicted molar refractivity (Wildman–Crippen MR) is 40.0 cm³/mol. The van der Waals surface area contributed by atoms with Crippen LogP contribution in [0, 0.1) is 0 Å². The van der Waals surface area contributed by atoms with Gasteiger partial charge in [-0.3, -0.25) is 4.79 Å². The van der Waals surface area contributed by atoms with Gasteiger partial charge in [0.2, 0.25) is 0 Å². The molecule has 0 aromatic carbocycles. The molecule has 0 fully saturated rings. The van der Waals surface area contributed by atoms with Crippen LogP contribution in [0.1, 0.15) is 27.2 Å². The average molecular weight is 145 g/mol. The van der Waals surface area contributed by atoms with Crippen molar-refractivity contribution in [3.63, 3.8) is 0 Å². The summed E-state index contributed by atoms with van der Waals surface area (Å²) in [7, 11) is 0. The van der Waals surface area contributed by atoms with E-state index in [4.69, 9.17) is 5.11 Å². The summed E-state index contributed by atoms with van der Waals surface area (Å²) >= 11 is 0. The van der Waals surface area contributed by atoms with Gasteiger partial charge < -0.3 is 10.4 Å². The Morgan fingerprint density at radius 2 is 2.10 bits per heavy atom. The minimum Gasteiger partial charge on any atom is -0.480 e. The van der Waals surface area contributed by atoms with E-state index in [0.717, 1.165) is 0 Å². The molecule has 2 N–H and O–H groups in total. The van der Waals surface area contributed by atoms with Gasteiger partial charge >= 0.3 is 5.97 Å². The number of hydrogen-bond acceptors (Lipinski definition) is 2. The topological polar surface area (TPSA) is 49.3 Å². The van der Waals surface area contributed by atoms with E-state index in [2.05, 4.69) is 5.32 Å². The molecular formula is C7H15NO2. The van der Waals surface area contributed by atoms with Crippen LogP contribution in [0.2, 0.25) is 0 Å². The summed E-state index contributed by atoms with van der Waals surface area (Å²) in [4.78, 5) is 10.4. The van der Waals surface area contributed by atoms with Gasteiger partial charge in [-0.15, -0.1) is 0 Å². The third-order valence-electron chi connectivity index (χ3n) is 1.24. The summed E-state index contributed by atoms with van der Waals surface area (Å²) in [6.07, 6.45) is 0.632. The minimum absolute atomic E-state index is 0.237. The zero-order chi connectivity index (χ0) is 8.15. The Balaban J connectivity index is 3.72. The maximum Gasteiger partial charge on any atom is 0.320 e. The van der Waals surface area contributed by atoms with Crippen molar-refractivity contribution in [1.82, 2.24) is 5.32 Å². The number of nitrogens with one attached hydrogen (secondary N) is 1. The van der Waals surface area contributed by atoms with Crippen LogP contribution >= 0.6 is 0 Å². The van der Waals surface area contributed by atoms with Crippen molar-refractivity contribution in [2.45, 2.75) is 39.3 Å². The molecule has 0 radical (unpaired) electrons. The fourth-order valence-electron chi connectivity index (χ4n) is 0.766. The van der Waals surface area contributed by atoms with E-state index in [1.807, 2.05) is 20.8 Å². The maximum absolute atomic E-state index is 10.4. The first-order valence-corrected chi connectivity index (χ1v) is 3.56. The number of hydrogen-bond donors (Lipinski definition) is 2. The third-order valence-corrected chi connectivity index (χ3v) is 1.24. The van der Waals surface area contributed by atoms with Crippen molar-refractivity contribution in [3.8, 4) is 0 Å². The van der Waals surface area contributed by atoms with E-state index < -0.39 is 5.97 Å². The summed E-state index contributed by atoms with van der Waals surface area (Å²) in [6, 6.07) is -0.152. The van der Waals surface area contributed by atoms with Crippen LogP contribution in [0.25, 0.3) is 0 Å². The van der Waals surface area contributed by atoms with E-state index in [-0.39, 0.29) is 12.1 Å². The van der Waals surface area contributed by atoms with E-state index in [9.17, 15) is 4.79 Å². The smallest absolute Gasteiger partial charge is 0.320 e. The van der Waals surface area contributed by atoms with Crippen LogP contribution in [-0.4, -0.2) is 23.2 Å². The van der Waals surface area contributed by atoms with Gasteiger partial charge in [0.25, 0.3) is 0 Å². The van der Waals surface area contributed by atoms with Gasteiger partial charge in [0.1, 0.15) is 6.04 Å². The van der Waals surface area contributed by atoms with Crippen LogP contribution in [0.15, 0.2) is 0 Å². The molecule has 0 heterocycles. The maximum atomic E-state index is 10.4. The summed E-state index contributed by atoms with van der Waals surface area (Å²) in [5.74, 6) is -0.767. The lowest BCUT2D eigenvalue weighted by molar-refractivity contribution is -0.139. The summed E-state index contributed by atoms with van der Waals surface area (Å²) < 4.78 is 0. The zero-order valence-electron chi connectivity index (χ0n) is 6.72. The molecule has 0 unspecified atom stereocenters. The number of aliphatic carboxylic acids is 1. The Labute approximate surface area is 61.4 Å². The van der Waals surface area contributed by atoms with Crippen molar-refractivity contribution in [1.29, 1.82) is 0 Å². The van der Waals surface area contributed by atoms with E-state index in [0.29, 0.717) is 6.42 Å². The number of carboxylic acid groups (broad SMARTS) is 1. The van der Waals surface area contributed by atoms with E-state index in [1.165, 1.54) is 0 Å². The molecule has 1 atom stereocenters. The highest BCUT2D eigenvalue weighted by molar-refractivity contribution is 5.73. The summed E-state index contributed by atoms with van der Waals surface area (Å²) in [5, 5.41) is 11.5. The van der Waals surface area contributed by atoms with Gasteiger partial charge in [0.05, 0.1) is 0 Å². The molecule has 0 aliphatic heterocycles. The molecule has 0 amide bonds. The lowest BCUT2D eigenvalue weighted by Gasteiger charge is -2.14. The zero-order valence-corrected chi connectivity index (χ0v) is 6.72. The molecule has 0 saturated carbocycles. The first-order chi connectivity index (χ1) is 4.57. The van der Waals surface area contributed by atoms with Gasteiger partial charge in [-0.2, -0.15) is 0 Å². The van der Waals surface area contributed by atoms with Crippen molar-refractivity contribution in [2.75, 3.05) is 0 Å². The van der Waals surface area contributed by atoms with Crippen molar-refractivity contribution < 1.29 is 9.90 Å². The van der Waals surface area contributed by atoms with E-state index >= 15 is 0 Å². The third kappa shape index (κ3) is 3.45. The molecule has 10 heavy (non-hydrogen) atoms. The van der Waals surface area contributed by atoms with Crippen LogP contribution in [-0.2, 0) is 4.79 Å². The highest BCUT2D eigenvalue weighted by Crippen LogP contribution is 1.92. The lowest BCUT2D eigenvalue weighted by atomic mass is 10.2. The second-order valence-corrected chi connectivity index (χ2v) is 2.62. The minimum atomic E-state index is -0.767. The second kappa shape index (κ2) is 4.28. The molecule has 60 valence electrons. The number of carboxylic acids is 1. The SMILES string of the molecule is CC[C@@H](NC(C)C)C(=O)O. The molecule has 0 bridgehead atoms. The normalized spacial score (nSPS) is 13.6. The Morgan fingerprint density at radius 3 is 2.20 bits per heavy atom. The number of carbonyl (C=O) groups is 1. The Hall–Kier alpha value is -0.570. The molecule has 0 saturated heterocycles. The summed E-state index contributed by atoms with van der Waals surface area (Å²) in [6.45, 7) is 5.73. The Kier molecular flexibility index (Phi) is 4.03.